The second-order valence-electron chi connectivity index (χ2n) is 5.12. The van der Waals surface area contributed by atoms with E-state index in [1.54, 1.807) is 6.07 Å². The van der Waals surface area contributed by atoms with E-state index in [9.17, 15) is 0 Å². The van der Waals surface area contributed by atoms with Crippen LogP contribution in [0.2, 0.25) is 0 Å². The van der Waals surface area contributed by atoms with Crippen molar-refractivity contribution in [2.24, 2.45) is 0 Å². The standard InChI is InChI=1S/C14H21N7/c1-4-10(17)5(2)12(19)9(11(4)18)8-6(15)3-7(16)13(20)14(8)21/h3H,15-21H2,1-2H3. The first-order valence-corrected chi connectivity index (χ1v) is 6.35. The Bertz CT molecular complexity index is 721. The van der Waals surface area contributed by atoms with Gasteiger partial charge in [0.15, 0.2) is 0 Å². The largest absolute Gasteiger partial charge is 0.398 e. The van der Waals surface area contributed by atoms with E-state index < -0.39 is 0 Å². The lowest BCUT2D eigenvalue weighted by atomic mass is 9.91. The van der Waals surface area contributed by atoms with E-state index in [1.165, 1.54) is 0 Å². The van der Waals surface area contributed by atoms with Crippen molar-refractivity contribution in [3.05, 3.63) is 17.2 Å². The number of nitrogen functional groups attached to an aromatic ring is 7. The second-order valence-corrected chi connectivity index (χ2v) is 5.12. The molecule has 0 aliphatic rings. The monoisotopic (exact) mass is 287 g/mol. The minimum Gasteiger partial charge on any atom is -0.398 e. The number of hydrogen-bond donors (Lipinski definition) is 7. The van der Waals surface area contributed by atoms with Crippen molar-refractivity contribution >= 4 is 39.8 Å². The summed E-state index contributed by atoms with van der Waals surface area (Å²) in [4.78, 5) is 0. The van der Waals surface area contributed by atoms with Crippen LogP contribution in [0.15, 0.2) is 6.07 Å². The normalized spacial score (nSPS) is 10.8. The van der Waals surface area contributed by atoms with Gasteiger partial charge in [0.05, 0.1) is 17.1 Å². The summed E-state index contributed by atoms with van der Waals surface area (Å²) in [6.45, 7) is 3.63. The average molecular weight is 287 g/mol. The van der Waals surface area contributed by atoms with Gasteiger partial charge in [-0.3, -0.25) is 0 Å². The van der Waals surface area contributed by atoms with Crippen LogP contribution in [0.4, 0.5) is 39.8 Å². The minimum atomic E-state index is 0.255. The van der Waals surface area contributed by atoms with Crippen molar-refractivity contribution in [3.63, 3.8) is 0 Å². The highest BCUT2D eigenvalue weighted by Gasteiger charge is 2.21. The number of hydrogen-bond acceptors (Lipinski definition) is 7. The molecule has 112 valence electrons. The van der Waals surface area contributed by atoms with E-state index in [-0.39, 0.29) is 11.4 Å². The molecule has 0 saturated heterocycles. The maximum atomic E-state index is 6.17. The molecule has 0 aliphatic carbocycles. The van der Waals surface area contributed by atoms with Crippen molar-refractivity contribution < 1.29 is 0 Å². The second kappa shape index (κ2) is 4.55. The summed E-state index contributed by atoms with van der Waals surface area (Å²) in [5.74, 6) is 0. The van der Waals surface area contributed by atoms with E-state index in [0.717, 1.165) is 11.1 Å². The van der Waals surface area contributed by atoms with E-state index in [4.69, 9.17) is 40.1 Å². The molecule has 0 amide bonds. The summed E-state index contributed by atoms with van der Waals surface area (Å²) in [7, 11) is 0. The topological polar surface area (TPSA) is 182 Å². The summed E-state index contributed by atoms with van der Waals surface area (Å²) in [5, 5.41) is 0. The Hall–Kier alpha value is -2.96. The highest BCUT2D eigenvalue weighted by atomic mass is 14.8. The van der Waals surface area contributed by atoms with Crippen LogP contribution < -0.4 is 40.1 Å². The molecule has 0 aliphatic heterocycles. The van der Waals surface area contributed by atoms with Gasteiger partial charge in [-0.15, -0.1) is 0 Å². The van der Waals surface area contributed by atoms with Crippen LogP contribution in [0.3, 0.4) is 0 Å². The van der Waals surface area contributed by atoms with Gasteiger partial charge in [-0.25, -0.2) is 0 Å². The predicted octanol–water partition coefficient (Wildman–Crippen LogP) is 1.05. The Labute approximate surface area is 123 Å². The zero-order valence-electron chi connectivity index (χ0n) is 12.1. The van der Waals surface area contributed by atoms with E-state index in [0.29, 0.717) is 39.6 Å². The van der Waals surface area contributed by atoms with Gasteiger partial charge in [-0.2, -0.15) is 0 Å². The fourth-order valence-electron chi connectivity index (χ4n) is 2.40. The quantitative estimate of drug-likeness (QED) is 0.382. The van der Waals surface area contributed by atoms with Crippen molar-refractivity contribution in [2.75, 3.05) is 40.1 Å². The fraction of sp³-hybridized carbons (Fsp3) is 0.143. The van der Waals surface area contributed by atoms with Crippen LogP contribution in [-0.4, -0.2) is 0 Å². The van der Waals surface area contributed by atoms with Gasteiger partial charge >= 0.3 is 0 Å². The van der Waals surface area contributed by atoms with E-state index in [1.807, 2.05) is 13.8 Å². The Morgan fingerprint density at radius 2 is 1.00 bits per heavy atom. The van der Waals surface area contributed by atoms with Crippen LogP contribution in [0.25, 0.3) is 11.1 Å². The lowest BCUT2D eigenvalue weighted by molar-refractivity contribution is 1.39. The van der Waals surface area contributed by atoms with Crippen LogP contribution >= 0.6 is 0 Å². The van der Waals surface area contributed by atoms with Gasteiger partial charge in [0.1, 0.15) is 0 Å². The summed E-state index contributed by atoms with van der Waals surface area (Å²) in [6, 6.07) is 1.54. The van der Waals surface area contributed by atoms with Crippen molar-refractivity contribution in [1.82, 2.24) is 0 Å². The molecular weight excluding hydrogens is 266 g/mol. The molecule has 0 fully saturated rings. The molecule has 2 aromatic carbocycles. The molecule has 7 nitrogen and oxygen atoms in total. The molecule has 0 radical (unpaired) electrons. The van der Waals surface area contributed by atoms with Crippen molar-refractivity contribution in [3.8, 4) is 11.1 Å². The number of rotatable bonds is 1. The van der Waals surface area contributed by atoms with E-state index in [2.05, 4.69) is 0 Å². The minimum absolute atomic E-state index is 0.255. The van der Waals surface area contributed by atoms with Crippen molar-refractivity contribution in [1.29, 1.82) is 0 Å². The third kappa shape index (κ3) is 1.90. The van der Waals surface area contributed by atoms with Crippen LogP contribution in [0.5, 0.6) is 0 Å². The highest BCUT2D eigenvalue weighted by molar-refractivity contribution is 6.06. The maximum absolute atomic E-state index is 6.17. The fourth-order valence-corrected chi connectivity index (χ4v) is 2.40. The number of anilines is 7. The molecule has 21 heavy (non-hydrogen) atoms. The molecule has 0 heterocycles. The van der Waals surface area contributed by atoms with Gasteiger partial charge < -0.3 is 40.1 Å². The lowest BCUT2D eigenvalue weighted by Crippen LogP contribution is -2.10. The molecule has 2 rings (SSSR count). The lowest BCUT2D eigenvalue weighted by Gasteiger charge is -2.21. The highest BCUT2D eigenvalue weighted by Crippen LogP contribution is 2.47. The van der Waals surface area contributed by atoms with Crippen LogP contribution in [0, 0.1) is 13.8 Å². The Balaban J connectivity index is 2.96. The molecule has 0 unspecified atom stereocenters. The Kier molecular flexibility index (Phi) is 3.13. The van der Waals surface area contributed by atoms with Crippen LogP contribution in [-0.2, 0) is 0 Å². The third-order valence-corrected chi connectivity index (χ3v) is 3.87. The molecule has 0 saturated carbocycles. The summed E-state index contributed by atoms with van der Waals surface area (Å²) in [6.07, 6.45) is 0. The third-order valence-electron chi connectivity index (χ3n) is 3.87. The van der Waals surface area contributed by atoms with Crippen molar-refractivity contribution in [2.45, 2.75) is 13.8 Å². The molecule has 0 aromatic heterocycles. The predicted molar refractivity (Wildman–Crippen MR) is 92.2 cm³/mol. The first kappa shape index (κ1) is 14.4. The zero-order chi connectivity index (χ0) is 16.1. The SMILES string of the molecule is Cc1c(N)c(C)c(N)c(-c2c(N)cc(N)c(N)c2N)c1N. The Morgan fingerprint density at radius 3 is 1.48 bits per heavy atom. The van der Waals surface area contributed by atoms with Gasteiger partial charge in [0.25, 0.3) is 0 Å². The van der Waals surface area contributed by atoms with Crippen LogP contribution in [0.1, 0.15) is 11.1 Å². The van der Waals surface area contributed by atoms with Gasteiger partial charge in [-0.05, 0) is 31.0 Å². The number of benzene rings is 2. The first-order valence-electron chi connectivity index (χ1n) is 6.35. The summed E-state index contributed by atoms with van der Waals surface area (Å²) in [5.41, 5.74) is 47.2. The summed E-state index contributed by atoms with van der Waals surface area (Å²) >= 11 is 0. The summed E-state index contributed by atoms with van der Waals surface area (Å²) < 4.78 is 0. The zero-order valence-corrected chi connectivity index (χ0v) is 12.1. The van der Waals surface area contributed by atoms with E-state index >= 15 is 0 Å². The van der Waals surface area contributed by atoms with Gasteiger partial charge in [0.2, 0.25) is 0 Å². The Morgan fingerprint density at radius 1 is 0.524 bits per heavy atom. The molecule has 0 bridgehead atoms. The number of nitrogens with two attached hydrogens (primary N) is 7. The maximum Gasteiger partial charge on any atom is 0.0789 e. The molecule has 14 N–H and O–H groups in total. The molecule has 0 spiro atoms. The molecule has 7 heteroatoms. The first-order chi connectivity index (χ1) is 9.68. The molecular formula is C14H21N7. The van der Waals surface area contributed by atoms with Gasteiger partial charge in [-0.1, -0.05) is 0 Å². The molecule has 2 aromatic rings. The van der Waals surface area contributed by atoms with Gasteiger partial charge in [0, 0.05) is 33.9 Å². The average Bonchev–Trinajstić information content (AvgIpc) is 2.44. The smallest absolute Gasteiger partial charge is 0.0789 e. The molecule has 0 atom stereocenters.